The monoisotopic (exact) mass is 274 g/mol. The molecule has 0 spiro atoms. The highest BCUT2D eigenvalue weighted by Crippen LogP contribution is 2.29. The van der Waals surface area contributed by atoms with E-state index in [1.807, 2.05) is 6.07 Å². The van der Waals surface area contributed by atoms with E-state index in [0.29, 0.717) is 28.1 Å². The van der Waals surface area contributed by atoms with Gasteiger partial charge < -0.3 is 15.5 Å². The Labute approximate surface area is 114 Å². The van der Waals surface area contributed by atoms with Gasteiger partial charge in [0, 0.05) is 17.3 Å². The predicted molar refractivity (Wildman–Crippen MR) is 75.3 cm³/mol. The maximum atomic E-state index is 6.16. The number of hydrogen-bond acceptors (Lipinski definition) is 4. The molecule has 6 heteroatoms. The van der Waals surface area contributed by atoms with Gasteiger partial charge in [-0.2, -0.15) is 4.98 Å². The lowest BCUT2D eigenvalue weighted by molar-refractivity contribution is 0.399. The van der Waals surface area contributed by atoms with Gasteiger partial charge in [-0.25, -0.2) is 4.98 Å². The van der Waals surface area contributed by atoms with Crippen molar-refractivity contribution < 1.29 is 4.74 Å². The average Bonchev–Trinajstić information content (AvgIpc) is 2.83. The van der Waals surface area contributed by atoms with Crippen molar-refractivity contribution in [2.24, 2.45) is 0 Å². The van der Waals surface area contributed by atoms with Crippen molar-refractivity contribution in [1.82, 2.24) is 15.0 Å². The molecule has 19 heavy (non-hydrogen) atoms. The lowest BCUT2D eigenvalue weighted by atomic mass is 10.2. The molecular formula is C13H11ClN4O. The normalized spacial score (nSPS) is 10.8. The third-order valence-corrected chi connectivity index (χ3v) is 3.10. The van der Waals surface area contributed by atoms with E-state index in [1.165, 1.54) is 0 Å². The summed E-state index contributed by atoms with van der Waals surface area (Å²) in [7, 11) is 1.57. The standard InChI is InChI=1S/C13H11ClN4O/c1-19-11-5-4-10-13(17-11)18-12(16-10)8-6-7(15)2-3-9(8)14/h2-6H,15H2,1H3,(H,16,17,18). The number of nitrogens with two attached hydrogens (primary N) is 1. The summed E-state index contributed by atoms with van der Waals surface area (Å²) in [5, 5.41) is 0.584. The number of halogens is 1. The second-order valence-electron chi connectivity index (χ2n) is 4.05. The van der Waals surface area contributed by atoms with Crippen molar-refractivity contribution in [1.29, 1.82) is 0 Å². The van der Waals surface area contributed by atoms with E-state index >= 15 is 0 Å². The summed E-state index contributed by atoms with van der Waals surface area (Å²) in [5.74, 6) is 1.15. The van der Waals surface area contributed by atoms with Gasteiger partial charge in [0.05, 0.1) is 17.6 Å². The van der Waals surface area contributed by atoms with Crippen LogP contribution in [0.5, 0.6) is 5.88 Å². The van der Waals surface area contributed by atoms with E-state index < -0.39 is 0 Å². The van der Waals surface area contributed by atoms with Crippen LogP contribution in [-0.4, -0.2) is 22.1 Å². The summed E-state index contributed by atoms with van der Waals surface area (Å²) in [6.45, 7) is 0. The minimum atomic E-state index is 0.518. The first-order valence-electron chi connectivity index (χ1n) is 5.63. The van der Waals surface area contributed by atoms with E-state index in [2.05, 4.69) is 15.0 Å². The van der Waals surface area contributed by atoms with Gasteiger partial charge >= 0.3 is 0 Å². The quantitative estimate of drug-likeness (QED) is 0.705. The zero-order valence-corrected chi connectivity index (χ0v) is 10.9. The Bertz CT molecular complexity index is 753. The van der Waals surface area contributed by atoms with Crippen molar-refractivity contribution in [3.05, 3.63) is 35.4 Å². The van der Waals surface area contributed by atoms with Gasteiger partial charge in [0.2, 0.25) is 5.88 Å². The second-order valence-corrected chi connectivity index (χ2v) is 4.46. The van der Waals surface area contributed by atoms with Gasteiger partial charge in [0.15, 0.2) is 5.65 Å². The Morgan fingerprint density at radius 1 is 1.21 bits per heavy atom. The lowest BCUT2D eigenvalue weighted by Gasteiger charge is -2.01. The zero-order valence-electron chi connectivity index (χ0n) is 10.1. The van der Waals surface area contributed by atoms with Crippen molar-refractivity contribution >= 4 is 28.5 Å². The molecule has 0 atom stereocenters. The summed E-state index contributed by atoms with van der Waals surface area (Å²) in [4.78, 5) is 11.8. The van der Waals surface area contributed by atoms with Crippen molar-refractivity contribution in [2.75, 3.05) is 12.8 Å². The number of aromatic amines is 1. The number of pyridine rings is 1. The summed E-state index contributed by atoms with van der Waals surface area (Å²) >= 11 is 6.16. The molecule has 0 saturated heterocycles. The van der Waals surface area contributed by atoms with Crippen LogP contribution in [0.25, 0.3) is 22.6 Å². The van der Waals surface area contributed by atoms with Crippen molar-refractivity contribution in [3.8, 4) is 17.3 Å². The van der Waals surface area contributed by atoms with Gasteiger partial charge in [-0.3, -0.25) is 0 Å². The van der Waals surface area contributed by atoms with Gasteiger partial charge in [-0.05, 0) is 24.3 Å². The summed E-state index contributed by atoms with van der Waals surface area (Å²) < 4.78 is 5.07. The zero-order chi connectivity index (χ0) is 13.4. The Morgan fingerprint density at radius 2 is 2.05 bits per heavy atom. The number of benzene rings is 1. The molecule has 0 radical (unpaired) electrons. The molecule has 2 aromatic heterocycles. The number of nitrogens with zero attached hydrogens (tertiary/aromatic N) is 2. The number of anilines is 1. The van der Waals surface area contributed by atoms with Crippen LogP contribution in [0.1, 0.15) is 0 Å². The van der Waals surface area contributed by atoms with Crippen molar-refractivity contribution in [2.45, 2.75) is 0 Å². The highest BCUT2D eigenvalue weighted by atomic mass is 35.5. The molecule has 0 saturated carbocycles. The highest BCUT2D eigenvalue weighted by Gasteiger charge is 2.10. The van der Waals surface area contributed by atoms with Gasteiger partial charge in [0.1, 0.15) is 5.82 Å². The second kappa shape index (κ2) is 4.44. The minimum absolute atomic E-state index is 0.518. The third-order valence-electron chi connectivity index (χ3n) is 2.78. The number of rotatable bonds is 2. The molecule has 5 nitrogen and oxygen atoms in total. The van der Waals surface area contributed by atoms with E-state index in [-0.39, 0.29) is 0 Å². The molecule has 3 N–H and O–H groups in total. The molecule has 0 amide bonds. The fourth-order valence-corrected chi connectivity index (χ4v) is 2.05. The molecule has 0 aliphatic heterocycles. The minimum Gasteiger partial charge on any atom is -0.481 e. The molecule has 0 aliphatic carbocycles. The average molecular weight is 275 g/mol. The first-order chi connectivity index (χ1) is 9.17. The molecule has 0 unspecified atom stereocenters. The van der Waals surface area contributed by atoms with E-state index in [9.17, 15) is 0 Å². The van der Waals surface area contributed by atoms with Gasteiger partial charge in [-0.1, -0.05) is 11.6 Å². The third kappa shape index (κ3) is 2.08. The van der Waals surface area contributed by atoms with Gasteiger partial charge in [-0.15, -0.1) is 0 Å². The molecular weight excluding hydrogens is 264 g/mol. The van der Waals surface area contributed by atoms with E-state index in [1.54, 1.807) is 31.4 Å². The topological polar surface area (TPSA) is 76.8 Å². The van der Waals surface area contributed by atoms with Crippen LogP contribution in [0.2, 0.25) is 5.02 Å². The maximum Gasteiger partial charge on any atom is 0.215 e. The lowest BCUT2D eigenvalue weighted by Crippen LogP contribution is -1.88. The molecule has 3 aromatic rings. The molecule has 96 valence electrons. The summed E-state index contributed by atoms with van der Waals surface area (Å²) in [6, 6.07) is 8.89. The number of nitrogens with one attached hydrogen (secondary N) is 1. The molecule has 0 fully saturated rings. The Balaban J connectivity index is 2.17. The molecule has 2 heterocycles. The van der Waals surface area contributed by atoms with Crippen LogP contribution in [0, 0.1) is 0 Å². The predicted octanol–water partition coefficient (Wildman–Crippen LogP) is 2.87. The van der Waals surface area contributed by atoms with Crippen LogP contribution in [-0.2, 0) is 0 Å². The fraction of sp³-hybridized carbons (Fsp3) is 0.0769. The maximum absolute atomic E-state index is 6.16. The van der Waals surface area contributed by atoms with E-state index in [4.69, 9.17) is 22.1 Å². The number of nitrogen functional groups attached to an aromatic ring is 1. The Hall–Kier alpha value is -2.27. The number of ether oxygens (including phenoxy) is 1. The van der Waals surface area contributed by atoms with Crippen LogP contribution in [0.4, 0.5) is 5.69 Å². The molecule has 3 rings (SSSR count). The molecule has 1 aromatic carbocycles. The number of hydrogen-bond donors (Lipinski definition) is 2. The van der Waals surface area contributed by atoms with E-state index in [0.717, 1.165) is 11.1 Å². The number of fused-ring (bicyclic) bond motifs is 1. The highest BCUT2D eigenvalue weighted by molar-refractivity contribution is 6.33. The Morgan fingerprint density at radius 3 is 2.84 bits per heavy atom. The first-order valence-corrected chi connectivity index (χ1v) is 6.01. The number of H-pyrrole nitrogens is 1. The largest absolute Gasteiger partial charge is 0.481 e. The fourth-order valence-electron chi connectivity index (χ4n) is 1.84. The Kier molecular flexibility index (Phi) is 2.76. The van der Waals surface area contributed by atoms with Crippen LogP contribution < -0.4 is 10.5 Å². The van der Waals surface area contributed by atoms with Gasteiger partial charge in [0.25, 0.3) is 0 Å². The smallest absolute Gasteiger partial charge is 0.215 e. The molecule has 0 bridgehead atoms. The van der Waals surface area contributed by atoms with Crippen molar-refractivity contribution in [3.63, 3.8) is 0 Å². The van der Waals surface area contributed by atoms with Crippen LogP contribution >= 0.6 is 11.6 Å². The summed E-state index contributed by atoms with van der Waals surface area (Å²) in [6.07, 6.45) is 0. The number of imidazole rings is 1. The molecule has 0 aliphatic rings. The summed E-state index contributed by atoms with van der Waals surface area (Å²) in [5.41, 5.74) is 8.54. The van der Waals surface area contributed by atoms with Crippen LogP contribution in [0.3, 0.4) is 0 Å². The first kappa shape index (κ1) is 11.8. The number of methoxy groups -OCH3 is 1. The SMILES string of the molecule is COc1ccc2[nH]c(-c3cc(N)ccc3Cl)nc2n1. The van der Waals surface area contributed by atoms with Crippen LogP contribution in [0.15, 0.2) is 30.3 Å². The number of aromatic nitrogens is 3.